The molecule has 0 heterocycles. The number of aliphatic hydroxyl groups excluding tert-OH is 1. The van der Waals surface area contributed by atoms with Gasteiger partial charge in [0, 0.05) is 0 Å². The maximum atomic E-state index is 11.7. The molecule has 0 bridgehead atoms. The number of amides is 1. The van der Waals surface area contributed by atoms with Gasteiger partial charge in [-0.15, -0.1) is 0 Å². The van der Waals surface area contributed by atoms with Gasteiger partial charge in [-0.2, -0.15) is 0 Å². The minimum absolute atomic E-state index is 0.0493. The summed E-state index contributed by atoms with van der Waals surface area (Å²) in [4.78, 5) is 23.5. The van der Waals surface area contributed by atoms with Crippen molar-refractivity contribution in [1.82, 2.24) is 5.32 Å². The first-order valence-corrected chi connectivity index (χ1v) is 8.57. The fourth-order valence-corrected chi connectivity index (χ4v) is 2.02. The molecule has 0 aromatic heterocycles. The summed E-state index contributed by atoms with van der Waals surface area (Å²) in [6.45, 7) is 1.80. The van der Waals surface area contributed by atoms with Gasteiger partial charge in [-0.05, 0) is 18.6 Å². The smallest absolute Gasteiger partial charge is 0.412 e. The minimum atomic E-state index is -1.88. The summed E-state index contributed by atoms with van der Waals surface area (Å²) in [6.07, 6.45) is -0.136. The molecular formula is C15H19NO6P+. The molecule has 1 aromatic rings. The summed E-state index contributed by atoms with van der Waals surface area (Å²) in [6, 6.07) is 9.05. The highest BCUT2D eigenvalue weighted by molar-refractivity contribution is 7.44. The number of ether oxygens (including phenoxy) is 2. The number of esters is 1. The minimum Gasteiger partial charge on any atom is -0.461 e. The molecular weight excluding hydrogens is 321 g/mol. The first-order valence-electron chi connectivity index (χ1n) is 6.94. The van der Waals surface area contributed by atoms with E-state index in [9.17, 15) is 14.2 Å². The average Bonchev–Trinajstić information content (AvgIpc) is 2.57. The number of benzene rings is 1. The molecule has 0 radical (unpaired) electrons. The first kappa shape index (κ1) is 18.8. The van der Waals surface area contributed by atoms with E-state index in [0.29, 0.717) is 0 Å². The maximum Gasteiger partial charge on any atom is 0.412 e. The molecule has 0 spiro atoms. The lowest BCUT2D eigenvalue weighted by atomic mass is 10.2. The summed E-state index contributed by atoms with van der Waals surface area (Å²) in [5, 5.41) is 11.0. The molecule has 0 aliphatic rings. The number of hydrogen-bond donors (Lipinski definition) is 2. The van der Waals surface area contributed by atoms with Gasteiger partial charge in [-0.1, -0.05) is 34.9 Å². The quantitative estimate of drug-likeness (QED) is 0.427. The van der Waals surface area contributed by atoms with E-state index < -0.39 is 26.2 Å². The molecule has 8 heteroatoms. The van der Waals surface area contributed by atoms with Gasteiger partial charge in [0.1, 0.15) is 12.3 Å². The topological polar surface area (TPSA) is 102 Å². The maximum absolute atomic E-state index is 11.7. The van der Waals surface area contributed by atoms with Crippen molar-refractivity contribution in [2.45, 2.75) is 13.5 Å². The van der Waals surface area contributed by atoms with Crippen LogP contribution < -0.4 is 5.32 Å². The molecule has 1 amide bonds. The second kappa shape index (κ2) is 10.5. The van der Waals surface area contributed by atoms with E-state index in [2.05, 4.69) is 5.32 Å². The fraction of sp³-hybridized carbons (Fsp3) is 0.333. The van der Waals surface area contributed by atoms with E-state index in [1.54, 1.807) is 19.1 Å². The van der Waals surface area contributed by atoms with Gasteiger partial charge < -0.3 is 14.6 Å². The number of hydrogen-bond acceptors (Lipinski definition) is 6. The number of nitrogens with one attached hydrogen (secondary N) is 1. The SMILES string of the molecule is CCOC(=O)/C(=C/C[P+](=O)CO)NC(=O)OCc1ccccc1. The Balaban J connectivity index is 2.62. The van der Waals surface area contributed by atoms with E-state index in [4.69, 9.17) is 14.6 Å². The summed E-state index contributed by atoms with van der Waals surface area (Å²) in [7, 11) is -1.88. The summed E-state index contributed by atoms with van der Waals surface area (Å²) >= 11 is 0. The third-order valence-corrected chi connectivity index (χ3v) is 3.51. The fourth-order valence-electron chi connectivity index (χ4n) is 1.51. The van der Waals surface area contributed by atoms with Crippen LogP contribution in [0.5, 0.6) is 0 Å². The Labute approximate surface area is 135 Å². The summed E-state index contributed by atoms with van der Waals surface area (Å²) < 4.78 is 21.0. The average molecular weight is 340 g/mol. The van der Waals surface area contributed by atoms with Crippen molar-refractivity contribution in [2.24, 2.45) is 0 Å². The highest BCUT2D eigenvalue weighted by Crippen LogP contribution is 2.18. The molecule has 0 fully saturated rings. The van der Waals surface area contributed by atoms with E-state index in [1.165, 1.54) is 6.08 Å². The molecule has 0 saturated heterocycles. The Kier molecular flexibility index (Phi) is 8.57. The normalized spacial score (nSPS) is 11.6. The van der Waals surface area contributed by atoms with E-state index in [1.807, 2.05) is 18.2 Å². The van der Waals surface area contributed by atoms with Crippen molar-refractivity contribution in [3.05, 3.63) is 47.7 Å². The van der Waals surface area contributed by atoms with Crippen LogP contribution in [0.4, 0.5) is 4.79 Å². The van der Waals surface area contributed by atoms with Gasteiger partial charge in [0.15, 0.2) is 6.16 Å². The highest BCUT2D eigenvalue weighted by Gasteiger charge is 2.18. The van der Waals surface area contributed by atoms with Crippen molar-refractivity contribution < 1.29 is 28.7 Å². The van der Waals surface area contributed by atoms with Crippen LogP contribution in [0.15, 0.2) is 42.1 Å². The monoisotopic (exact) mass is 340 g/mol. The van der Waals surface area contributed by atoms with Gasteiger partial charge in [-0.25, -0.2) is 9.59 Å². The molecule has 0 saturated carbocycles. The Bertz CT molecular complexity index is 573. The third-order valence-electron chi connectivity index (χ3n) is 2.60. The Morgan fingerprint density at radius 2 is 1.96 bits per heavy atom. The lowest BCUT2D eigenvalue weighted by molar-refractivity contribution is -0.138. The molecule has 2 N–H and O–H groups in total. The number of carbonyl (C=O) groups excluding carboxylic acids is 2. The zero-order valence-electron chi connectivity index (χ0n) is 12.7. The lowest BCUT2D eigenvalue weighted by Gasteiger charge is -2.09. The molecule has 1 unspecified atom stereocenters. The largest absolute Gasteiger partial charge is 0.461 e. The van der Waals surface area contributed by atoms with E-state index in [-0.39, 0.29) is 25.1 Å². The second-order valence-corrected chi connectivity index (χ2v) is 5.94. The standard InChI is InChI=1S/C15H18NO6P/c1-2-21-14(18)13(8-9-23(20)11-17)16-15(19)22-10-12-6-4-3-5-7-12/h3-8,17H,2,9-11H2,1H3/p+1/b13-8-. The lowest BCUT2D eigenvalue weighted by Crippen LogP contribution is -2.29. The zero-order valence-corrected chi connectivity index (χ0v) is 13.6. The number of carbonyl (C=O) groups is 2. The molecule has 0 aliphatic heterocycles. The predicted octanol–water partition coefficient (Wildman–Crippen LogP) is 2.14. The van der Waals surface area contributed by atoms with Gasteiger partial charge in [0.25, 0.3) is 0 Å². The second-order valence-electron chi connectivity index (χ2n) is 4.33. The van der Waals surface area contributed by atoms with Crippen molar-refractivity contribution in [1.29, 1.82) is 0 Å². The van der Waals surface area contributed by atoms with Gasteiger partial charge in [0.2, 0.25) is 6.35 Å². The van der Waals surface area contributed by atoms with Crippen LogP contribution >= 0.6 is 7.80 Å². The number of alkyl carbamates (subject to hydrolysis) is 1. The Morgan fingerprint density at radius 3 is 2.57 bits per heavy atom. The van der Waals surface area contributed by atoms with Crippen molar-refractivity contribution >= 4 is 19.9 Å². The van der Waals surface area contributed by atoms with Crippen LogP contribution in [0.25, 0.3) is 0 Å². The molecule has 7 nitrogen and oxygen atoms in total. The Morgan fingerprint density at radius 1 is 1.26 bits per heavy atom. The number of allylic oxidation sites excluding steroid dienone is 1. The van der Waals surface area contributed by atoms with Crippen molar-refractivity contribution in [2.75, 3.05) is 19.1 Å². The molecule has 1 atom stereocenters. The molecule has 23 heavy (non-hydrogen) atoms. The van der Waals surface area contributed by atoms with Crippen LogP contribution in [0.3, 0.4) is 0 Å². The van der Waals surface area contributed by atoms with Crippen molar-refractivity contribution in [3.8, 4) is 0 Å². The van der Waals surface area contributed by atoms with Gasteiger partial charge in [-0.3, -0.25) is 5.32 Å². The molecule has 1 rings (SSSR count). The van der Waals surface area contributed by atoms with Crippen molar-refractivity contribution in [3.63, 3.8) is 0 Å². The van der Waals surface area contributed by atoms with E-state index in [0.717, 1.165) is 5.56 Å². The molecule has 1 aromatic carbocycles. The summed E-state index contributed by atoms with van der Waals surface area (Å²) in [5.74, 6) is -0.759. The molecule has 124 valence electrons. The number of rotatable bonds is 8. The van der Waals surface area contributed by atoms with Crippen LogP contribution in [0, 0.1) is 0 Å². The van der Waals surface area contributed by atoms with Crippen LogP contribution in [0.1, 0.15) is 12.5 Å². The van der Waals surface area contributed by atoms with Crippen LogP contribution in [-0.2, 0) is 25.4 Å². The Hall–Kier alpha value is -2.24. The third kappa shape index (κ3) is 7.54. The number of aliphatic hydroxyl groups is 1. The predicted molar refractivity (Wildman–Crippen MR) is 84.0 cm³/mol. The van der Waals surface area contributed by atoms with Gasteiger partial charge in [0.05, 0.1) is 6.61 Å². The molecule has 0 aliphatic carbocycles. The van der Waals surface area contributed by atoms with Crippen LogP contribution in [0.2, 0.25) is 0 Å². The van der Waals surface area contributed by atoms with Gasteiger partial charge >= 0.3 is 19.9 Å². The first-order chi connectivity index (χ1) is 11.1. The zero-order chi connectivity index (χ0) is 17.1. The highest BCUT2D eigenvalue weighted by atomic mass is 31.1. The summed E-state index contributed by atoms with van der Waals surface area (Å²) in [5.41, 5.74) is 0.634. The van der Waals surface area contributed by atoms with E-state index >= 15 is 0 Å². The van der Waals surface area contributed by atoms with Crippen LogP contribution in [-0.4, -0.2) is 36.3 Å².